The van der Waals surface area contributed by atoms with Crippen LogP contribution in [0.3, 0.4) is 0 Å². The second-order valence-electron chi connectivity index (χ2n) is 6.48. The summed E-state index contributed by atoms with van der Waals surface area (Å²) in [5.41, 5.74) is 3.10. The maximum Gasteiger partial charge on any atom is 0.162 e. The summed E-state index contributed by atoms with van der Waals surface area (Å²) >= 11 is 0. The average molecular weight is 391 g/mol. The maximum absolute atomic E-state index is 13.9. The first-order valence-electron chi connectivity index (χ1n) is 9.00. The van der Waals surface area contributed by atoms with Gasteiger partial charge in [0.1, 0.15) is 29.3 Å². The van der Waals surface area contributed by atoms with Crippen molar-refractivity contribution in [3.05, 3.63) is 72.6 Å². The van der Waals surface area contributed by atoms with E-state index >= 15 is 0 Å². The fourth-order valence-corrected chi connectivity index (χ4v) is 3.36. The SMILES string of the molecule is Fc1cccc(-n2c(CCNc3ncnc4[nH]cnc34)nc3ccc(F)cc32)c1. The zero-order valence-corrected chi connectivity index (χ0v) is 15.1. The Kier molecular flexibility index (Phi) is 4.12. The summed E-state index contributed by atoms with van der Waals surface area (Å²) in [5.74, 6) is 0.542. The van der Waals surface area contributed by atoms with Crippen LogP contribution in [-0.4, -0.2) is 36.0 Å². The normalized spacial score (nSPS) is 11.4. The number of rotatable bonds is 5. The standard InChI is InChI=1S/C20H15F2N7/c21-12-2-1-3-14(8-12)29-16-9-13(22)4-5-15(16)28-17(29)6-7-23-19-18-20(25-10-24-18)27-11-26-19/h1-5,8-11H,6-7H2,(H2,23,24,25,26,27). The van der Waals surface area contributed by atoms with Crippen molar-refractivity contribution in [1.82, 2.24) is 29.5 Å². The number of aromatic nitrogens is 6. The van der Waals surface area contributed by atoms with Crippen LogP contribution in [-0.2, 0) is 6.42 Å². The highest BCUT2D eigenvalue weighted by Gasteiger charge is 2.14. The molecule has 0 aliphatic heterocycles. The van der Waals surface area contributed by atoms with Gasteiger partial charge < -0.3 is 10.3 Å². The minimum absolute atomic E-state index is 0.369. The molecule has 0 unspecified atom stereocenters. The summed E-state index contributed by atoms with van der Waals surface area (Å²) in [7, 11) is 0. The zero-order chi connectivity index (χ0) is 19.8. The summed E-state index contributed by atoms with van der Waals surface area (Å²) in [6.07, 6.45) is 3.51. The Morgan fingerprint density at radius 1 is 1.00 bits per heavy atom. The second kappa shape index (κ2) is 6.93. The Morgan fingerprint density at radius 3 is 2.79 bits per heavy atom. The van der Waals surface area contributed by atoms with E-state index in [1.807, 2.05) is 0 Å². The number of aromatic amines is 1. The molecule has 0 spiro atoms. The molecule has 7 nitrogen and oxygen atoms in total. The monoisotopic (exact) mass is 391 g/mol. The van der Waals surface area contributed by atoms with Crippen molar-refractivity contribution in [1.29, 1.82) is 0 Å². The van der Waals surface area contributed by atoms with E-state index in [1.54, 1.807) is 29.1 Å². The van der Waals surface area contributed by atoms with Crippen LogP contribution in [0.4, 0.5) is 14.6 Å². The van der Waals surface area contributed by atoms with Gasteiger partial charge in [0.05, 0.1) is 23.0 Å². The van der Waals surface area contributed by atoms with Crippen LogP contribution >= 0.6 is 0 Å². The summed E-state index contributed by atoms with van der Waals surface area (Å²) in [5, 5.41) is 3.23. The van der Waals surface area contributed by atoms with Gasteiger partial charge in [-0.3, -0.25) is 4.57 Å². The third-order valence-corrected chi connectivity index (χ3v) is 4.61. The van der Waals surface area contributed by atoms with Gasteiger partial charge in [0, 0.05) is 19.0 Å². The van der Waals surface area contributed by atoms with Crippen molar-refractivity contribution >= 4 is 28.0 Å². The third kappa shape index (κ3) is 3.16. The lowest BCUT2D eigenvalue weighted by molar-refractivity contribution is 0.626. The Labute approximate surface area is 163 Å². The van der Waals surface area contributed by atoms with E-state index in [4.69, 9.17) is 0 Å². The fraction of sp³-hybridized carbons (Fsp3) is 0.100. The van der Waals surface area contributed by atoms with E-state index in [0.717, 1.165) is 0 Å². The lowest BCUT2D eigenvalue weighted by Gasteiger charge is -2.10. The van der Waals surface area contributed by atoms with Gasteiger partial charge in [-0.05, 0) is 30.3 Å². The smallest absolute Gasteiger partial charge is 0.162 e. The first kappa shape index (κ1) is 17.2. The summed E-state index contributed by atoms with van der Waals surface area (Å²) < 4.78 is 29.4. The van der Waals surface area contributed by atoms with E-state index in [2.05, 4.69) is 30.2 Å². The zero-order valence-electron chi connectivity index (χ0n) is 15.1. The second-order valence-corrected chi connectivity index (χ2v) is 6.48. The molecule has 0 bridgehead atoms. The predicted molar refractivity (Wildman–Crippen MR) is 105 cm³/mol. The molecule has 2 aromatic carbocycles. The molecule has 3 aromatic heterocycles. The third-order valence-electron chi connectivity index (χ3n) is 4.61. The number of benzene rings is 2. The lowest BCUT2D eigenvalue weighted by Crippen LogP contribution is -2.11. The summed E-state index contributed by atoms with van der Waals surface area (Å²) in [6, 6.07) is 10.5. The van der Waals surface area contributed by atoms with Crippen LogP contribution in [0.15, 0.2) is 55.1 Å². The number of hydrogen-bond acceptors (Lipinski definition) is 5. The Hall–Kier alpha value is -3.88. The predicted octanol–water partition coefficient (Wildman–Crippen LogP) is 3.62. The van der Waals surface area contributed by atoms with Crippen LogP contribution < -0.4 is 5.32 Å². The van der Waals surface area contributed by atoms with E-state index in [0.29, 0.717) is 52.5 Å². The Morgan fingerprint density at radius 2 is 1.90 bits per heavy atom. The molecular weight excluding hydrogens is 376 g/mol. The molecule has 2 N–H and O–H groups in total. The summed E-state index contributed by atoms with van der Waals surface area (Å²) in [6.45, 7) is 0.500. The van der Waals surface area contributed by atoms with Crippen LogP contribution in [0, 0.1) is 11.6 Å². The number of halogens is 2. The molecule has 0 aliphatic carbocycles. The number of fused-ring (bicyclic) bond motifs is 2. The molecule has 144 valence electrons. The molecule has 0 radical (unpaired) electrons. The van der Waals surface area contributed by atoms with Crippen molar-refractivity contribution in [2.75, 3.05) is 11.9 Å². The molecule has 0 amide bonds. The number of nitrogens with zero attached hydrogens (tertiary/aromatic N) is 5. The number of imidazole rings is 2. The molecule has 0 saturated carbocycles. The highest BCUT2D eigenvalue weighted by molar-refractivity contribution is 5.82. The van der Waals surface area contributed by atoms with Gasteiger partial charge in [-0.2, -0.15) is 0 Å². The highest BCUT2D eigenvalue weighted by atomic mass is 19.1. The number of nitrogens with one attached hydrogen (secondary N) is 2. The van der Waals surface area contributed by atoms with Gasteiger partial charge >= 0.3 is 0 Å². The van der Waals surface area contributed by atoms with Crippen molar-refractivity contribution in [3.8, 4) is 5.69 Å². The average Bonchev–Trinajstić information content (AvgIpc) is 3.32. The van der Waals surface area contributed by atoms with Crippen LogP contribution in [0.25, 0.3) is 27.9 Å². The molecule has 29 heavy (non-hydrogen) atoms. The lowest BCUT2D eigenvalue weighted by atomic mass is 10.2. The van der Waals surface area contributed by atoms with Crippen LogP contribution in [0.2, 0.25) is 0 Å². The topological polar surface area (TPSA) is 84.3 Å². The van der Waals surface area contributed by atoms with Gasteiger partial charge in [-0.15, -0.1) is 0 Å². The molecular formula is C20H15F2N7. The number of hydrogen-bond donors (Lipinski definition) is 2. The van der Waals surface area contributed by atoms with Gasteiger partial charge in [-0.25, -0.2) is 28.7 Å². The quantitative estimate of drug-likeness (QED) is 0.478. The fourth-order valence-electron chi connectivity index (χ4n) is 3.36. The molecule has 3 heterocycles. The van der Waals surface area contributed by atoms with Gasteiger partial charge in [-0.1, -0.05) is 6.07 Å². The van der Waals surface area contributed by atoms with E-state index in [1.165, 1.54) is 30.6 Å². The van der Waals surface area contributed by atoms with Gasteiger partial charge in [0.15, 0.2) is 11.5 Å². The summed E-state index contributed by atoms with van der Waals surface area (Å²) in [4.78, 5) is 20.1. The largest absolute Gasteiger partial charge is 0.368 e. The van der Waals surface area contributed by atoms with Crippen molar-refractivity contribution in [3.63, 3.8) is 0 Å². The molecule has 0 saturated heterocycles. The molecule has 0 atom stereocenters. The van der Waals surface area contributed by atoms with Crippen molar-refractivity contribution in [2.24, 2.45) is 0 Å². The molecule has 5 rings (SSSR count). The van der Waals surface area contributed by atoms with E-state index < -0.39 is 0 Å². The number of H-pyrrole nitrogens is 1. The van der Waals surface area contributed by atoms with E-state index in [9.17, 15) is 8.78 Å². The van der Waals surface area contributed by atoms with Crippen molar-refractivity contribution in [2.45, 2.75) is 6.42 Å². The van der Waals surface area contributed by atoms with Crippen molar-refractivity contribution < 1.29 is 8.78 Å². The molecule has 9 heteroatoms. The van der Waals surface area contributed by atoms with Crippen LogP contribution in [0.5, 0.6) is 0 Å². The number of anilines is 1. The van der Waals surface area contributed by atoms with Gasteiger partial charge in [0.25, 0.3) is 0 Å². The van der Waals surface area contributed by atoms with Gasteiger partial charge in [0.2, 0.25) is 0 Å². The Bertz CT molecular complexity index is 1330. The molecule has 0 fully saturated rings. The minimum Gasteiger partial charge on any atom is -0.368 e. The maximum atomic E-state index is 13.9. The minimum atomic E-state index is -0.373. The molecule has 0 aliphatic rings. The molecule has 5 aromatic rings. The van der Waals surface area contributed by atoms with Crippen LogP contribution in [0.1, 0.15) is 5.82 Å². The Balaban J connectivity index is 1.49. The first-order valence-corrected chi connectivity index (χ1v) is 9.00. The first-order chi connectivity index (χ1) is 14.2. The highest BCUT2D eigenvalue weighted by Crippen LogP contribution is 2.24. The van der Waals surface area contributed by atoms with E-state index in [-0.39, 0.29) is 11.6 Å².